The summed E-state index contributed by atoms with van der Waals surface area (Å²) in [6.45, 7) is 20.4. The van der Waals surface area contributed by atoms with E-state index in [1.165, 1.54) is 44.9 Å². The second kappa shape index (κ2) is 7.97. The van der Waals surface area contributed by atoms with Gasteiger partial charge in [0.2, 0.25) is 0 Å². The normalized spacial score (nSPS) is 54.1. The van der Waals surface area contributed by atoms with E-state index in [2.05, 4.69) is 55.4 Å². The maximum atomic E-state index is 10.6. The largest absolute Gasteiger partial charge is 0.393 e. The van der Waals surface area contributed by atoms with Crippen molar-refractivity contribution in [2.45, 2.75) is 138 Å². The molecular formula is C30H55NO. The van der Waals surface area contributed by atoms with Gasteiger partial charge in [0.05, 0.1) is 6.10 Å². The van der Waals surface area contributed by atoms with E-state index in [1.54, 1.807) is 0 Å². The van der Waals surface area contributed by atoms with Crippen LogP contribution in [0.1, 0.15) is 126 Å². The van der Waals surface area contributed by atoms with Crippen LogP contribution < -0.4 is 5.73 Å². The highest BCUT2D eigenvalue weighted by Crippen LogP contribution is 2.79. The zero-order chi connectivity index (χ0) is 23.7. The lowest BCUT2D eigenvalue weighted by Crippen LogP contribution is -2.71. The quantitative estimate of drug-likeness (QED) is 0.458. The predicted molar refractivity (Wildman–Crippen MR) is 136 cm³/mol. The summed E-state index contributed by atoms with van der Waals surface area (Å²) in [6, 6.07) is 0.210. The maximum absolute atomic E-state index is 10.6. The molecule has 10 atom stereocenters. The Bertz CT molecular complexity index is 705. The van der Waals surface area contributed by atoms with Crippen LogP contribution >= 0.6 is 0 Å². The number of rotatable bonds is 5. The molecule has 2 nitrogen and oxygen atoms in total. The van der Waals surface area contributed by atoms with Crippen molar-refractivity contribution in [2.24, 2.45) is 56.5 Å². The van der Waals surface area contributed by atoms with E-state index < -0.39 is 0 Å². The van der Waals surface area contributed by atoms with Gasteiger partial charge >= 0.3 is 0 Å². The lowest BCUT2D eigenvalue weighted by Gasteiger charge is -2.74. The van der Waals surface area contributed by atoms with Crippen molar-refractivity contribution in [3.63, 3.8) is 0 Å². The second-order valence-electron chi connectivity index (χ2n) is 14.7. The number of hydrogen-bond donors (Lipinski definition) is 2. The van der Waals surface area contributed by atoms with Crippen molar-refractivity contribution in [2.75, 3.05) is 0 Å². The van der Waals surface area contributed by atoms with E-state index in [4.69, 9.17) is 5.73 Å². The fraction of sp³-hybridized carbons (Fsp3) is 1.00. The van der Waals surface area contributed by atoms with Gasteiger partial charge in [-0.05, 0) is 102 Å². The van der Waals surface area contributed by atoms with E-state index >= 15 is 0 Å². The topological polar surface area (TPSA) is 46.2 Å². The van der Waals surface area contributed by atoms with Gasteiger partial charge in [0.1, 0.15) is 0 Å². The minimum atomic E-state index is -0.161. The first-order chi connectivity index (χ1) is 14.8. The first kappa shape index (κ1) is 25.0. The van der Waals surface area contributed by atoms with E-state index in [0.29, 0.717) is 22.2 Å². The van der Waals surface area contributed by atoms with E-state index in [9.17, 15) is 5.11 Å². The standard InChI is InChI=1S/C30H55NO/c1-20(2)10-9-11-21(3)23-13-14-27(5)24-18-25(31)29(7)19-22(32)12-15-30(29,8)28(24,6)17-16-26(23,27)4/h20-25,32H,9-19,31H2,1-8H3/t21-,22-,23?,24?,25+,26+,27-,28-,29+,30+/m0/s1. The summed E-state index contributed by atoms with van der Waals surface area (Å²) in [5, 5.41) is 10.6. The molecule has 0 spiro atoms. The molecule has 4 rings (SSSR count). The molecule has 0 aromatic rings. The molecule has 0 amide bonds. The monoisotopic (exact) mass is 445 g/mol. The molecule has 32 heavy (non-hydrogen) atoms. The number of nitrogens with two attached hydrogens (primary N) is 1. The SMILES string of the molecule is CC(C)CCC[C@H](C)C1CC[C@@]2(C)C3C[C@@H](N)[C@@]4(C)C[C@@H](O)CC[C@]4(C)[C@@]3(C)CC[C@]12C. The fourth-order valence-electron chi connectivity index (χ4n) is 10.6. The van der Waals surface area contributed by atoms with Crippen LogP contribution in [0, 0.1) is 50.7 Å². The highest BCUT2D eigenvalue weighted by molar-refractivity contribution is 5.23. The third-order valence-electron chi connectivity index (χ3n) is 13.4. The Hall–Kier alpha value is -0.0800. The van der Waals surface area contributed by atoms with Crippen molar-refractivity contribution in [1.29, 1.82) is 0 Å². The van der Waals surface area contributed by atoms with E-state index in [0.717, 1.165) is 43.4 Å². The van der Waals surface area contributed by atoms with Crippen LogP contribution in [0.15, 0.2) is 0 Å². The van der Waals surface area contributed by atoms with Gasteiger partial charge in [0, 0.05) is 6.04 Å². The second-order valence-corrected chi connectivity index (χ2v) is 14.7. The Labute approximate surface area is 199 Å². The fourth-order valence-corrected chi connectivity index (χ4v) is 10.6. The average molecular weight is 446 g/mol. The highest BCUT2D eigenvalue weighted by atomic mass is 16.3. The molecular weight excluding hydrogens is 390 g/mol. The predicted octanol–water partition coefficient (Wildman–Crippen LogP) is 7.58. The van der Waals surface area contributed by atoms with Gasteiger partial charge in [0.15, 0.2) is 0 Å². The number of fused-ring (bicyclic) bond motifs is 5. The van der Waals surface area contributed by atoms with Crippen LogP contribution in [-0.2, 0) is 0 Å². The lowest BCUT2D eigenvalue weighted by molar-refractivity contribution is -0.252. The van der Waals surface area contributed by atoms with Gasteiger partial charge in [-0.1, -0.05) is 74.7 Å². The molecule has 0 bridgehead atoms. The van der Waals surface area contributed by atoms with Gasteiger partial charge in [0.25, 0.3) is 0 Å². The lowest BCUT2D eigenvalue weighted by atomic mass is 9.31. The summed E-state index contributed by atoms with van der Waals surface area (Å²) in [7, 11) is 0. The zero-order valence-electron chi connectivity index (χ0n) is 22.8. The Morgan fingerprint density at radius 1 is 0.812 bits per heavy atom. The molecule has 0 aliphatic heterocycles. The van der Waals surface area contributed by atoms with Crippen molar-refractivity contribution in [3.8, 4) is 0 Å². The van der Waals surface area contributed by atoms with Gasteiger partial charge in [-0.2, -0.15) is 0 Å². The molecule has 4 aliphatic carbocycles. The molecule has 186 valence electrons. The third kappa shape index (κ3) is 3.16. The summed E-state index contributed by atoms with van der Waals surface area (Å²) in [4.78, 5) is 0. The Morgan fingerprint density at radius 2 is 1.47 bits per heavy atom. The summed E-state index contributed by atoms with van der Waals surface area (Å²) in [6.07, 6.45) is 13.7. The van der Waals surface area contributed by atoms with Crippen LogP contribution in [0.3, 0.4) is 0 Å². The molecule has 2 unspecified atom stereocenters. The highest BCUT2D eigenvalue weighted by Gasteiger charge is 2.73. The smallest absolute Gasteiger partial charge is 0.0546 e. The third-order valence-corrected chi connectivity index (χ3v) is 13.4. The Balaban J connectivity index is 1.64. The number of aliphatic hydroxyl groups excluding tert-OH is 1. The molecule has 0 saturated heterocycles. The molecule has 0 heterocycles. The summed E-state index contributed by atoms with van der Waals surface area (Å²) >= 11 is 0. The molecule has 4 fully saturated rings. The van der Waals surface area contributed by atoms with Crippen molar-refractivity contribution < 1.29 is 5.11 Å². The van der Waals surface area contributed by atoms with Crippen molar-refractivity contribution in [1.82, 2.24) is 0 Å². The summed E-state index contributed by atoms with van der Waals surface area (Å²) in [5.74, 6) is 3.25. The van der Waals surface area contributed by atoms with Crippen LogP contribution in [0.2, 0.25) is 0 Å². The Kier molecular flexibility index (Phi) is 6.24. The Morgan fingerprint density at radius 3 is 2.12 bits per heavy atom. The van der Waals surface area contributed by atoms with Crippen LogP contribution in [0.4, 0.5) is 0 Å². The zero-order valence-corrected chi connectivity index (χ0v) is 22.8. The number of hydrogen-bond acceptors (Lipinski definition) is 2. The molecule has 0 aromatic heterocycles. The maximum Gasteiger partial charge on any atom is 0.0546 e. The van der Waals surface area contributed by atoms with Gasteiger partial charge in [-0.15, -0.1) is 0 Å². The van der Waals surface area contributed by atoms with E-state index in [1.807, 2.05) is 0 Å². The molecule has 4 aliphatic rings. The molecule has 0 radical (unpaired) electrons. The van der Waals surface area contributed by atoms with Crippen molar-refractivity contribution in [3.05, 3.63) is 0 Å². The van der Waals surface area contributed by atoms with E-state index in [-0.39, 0.29) is 23.0 Å². The van der Waals surface area contributed by atoms with Crippen LogP contribution in [0.5, 0.6) is 0 Å². The average Bonchev–Trinajstić information content (AvgIpc) is 2.98. The van der Waals surface area contributed by atoms with Crippen molar-refractivity contribution >= 4 is 0 Å². The van der Waals surface area contributed by atoms with Gasteiger partial charge in [-0.25, -0.2) is 0 Å². The molecule has 0 aromatic carbocycles. The summed E-state index contributed by atoms with van der Waals surface area (Å²) < 4.78 is 0. The van der Waals surface area contributed by atoms with Gasteiger partial charge in [-0.3, -0.25) is 0 Å². The van der Waals surface area contributed by atoms with Crippen LogP contribution in [-0.4, -0.2) is 17.3 Å². The minimum absolute atomic E-state index is 0.0577. The van der Waals surface area contributed by atoms with Crippen LogP contribution in [0.25, 0.3) is 0 Å². The number of aliphatic hydroxyl groups is 1. The molecule has 3 N–H and O–H groups in total. The first-order valence-electron chi connectivity index (χ1n) is 14.2. The molecule has 2 heteroatoms. The summed E-state index contributed by atoms with van der Waals surface area (Å²) in [5.41, 5.74) is 8.57. The first-order valence-corrected chi connectivity index (χ1v) is 14.2. The minimum Gasteiger partial charge on any atom is -0.393 e. The molecule has 4 saturated carbocycles. The van der Waals surface area contributed by atoms with Gasteiger partial charge < -0.3 is 10.8 Å².